The SMILES string of the molecule is Cc1noc(C)c1CCC(C)C(=O)O. The molecular weight excluding hydrogens is 182 g/mol. The van der Waals surface area contributed by atoms with Crippen molar-refractivity contribution in [1.82, 2.24) is 5.16 Å². The Hall–Kier alpha value is -1.32. The van der Waals surface area contributed by atoms with Crippen LogP contribution >= 0.6 is 0 Å². The molecule has 0 aromatic carbocycles. The Morgan fingerprint density at radius 2 is 2.21 bits per heavy atom. The van der Waals surface area contributed by atoms with Crippen LogP contribution in [0, 0.1) is 19.8 Å². The van der Waals surface area contributed by atoms with Gasteiger partial charge in [-0.25, -0.2) is 0 Å². The first-order valence-corrected chi connectivity index (χ1v) is 4.67. The fourth-order valence-electron chi connectivity index (χ4n) is 1.34. The van der Waals surface area contributed by atoms with Gasteiger partial charge in [-0.3, -0.25) is 4.79 Å². The lowest BCUT2D eigenvalue weighted by Gasteiger charge is -2.04. The van der Waals surface area contributed by atoms with Crippen LogP contribution < -0.4 is 0 Å². The lowest BCUT2D eigenvalue weighted by Crippen LogP contribution is -2.10. The van der Waals surface area contributed by atoms with Crippen LogP contribution in [-0.2, 0) is 11.2 Å². The quantitative estimate of drug-likeness (QED) is 0.801. The molecule has 0 aliphatic heterocycles. The molecule has 1 rings (SSSR count). The summed E-state index contributed by atoms with van der Waals surface area (Å²) in [4.78, 5) is 10.6. The van der Waals surface area contributed by atoms with Crippen molar-refractivity contribution < 1.29 is 14.4 Å². The van der Waals surface area contributed by atoms with E-state index >= 15 is 0 Å². The molecule has 1 atom stereocenters. The fourth-order valence-corrected chi connectivity index (χ4v) is 1.34. The molecule has 1 heterocycles. The molecule has 0 saturated carbocycles. The average molecular weight is 197 g/mol. The Morgan fingerprint density at radius 3 is 2.64 bits per heavy atom. The third-order valence-corrected chi connectivity index (χ3v) is 2.43. The highest BCUT2D eigenvalue weighted by atomic mass is 16.5. The molecule has 4 heteroatoms. The molecular formula is C10H15NO3. The summed E-state index contributed by atoms with van der Waals surface area (Å²) in [6, 6.07) is 0. The van der Waals surface area contributed by atoms with E-state index in [1.54, 1.807) is 6.92 Å². The van der Waals surface area contributed by atoms with Gasteiger partial charge in [-0.15, -0.1) is 0 Å². The second kappa shape index (κ2) is 4.26. The van der Waals surface area contributed by atoms with E-state index in [0.29, 0.717) is 12.8 Å². The molecule has 1 unspecified atom stereocenters. The standard InChI is InChI=1S/C10H15NO3/c1-6(10(12)13)4-5-9-7(2)11-14-8(9)3/h6H,4-5H2,1-3H3,(H,12,13). The summed E-state index contributed by atoms with van der Waals surface area (Å²) in [5, 5.41) is 12.5. The van der Waals surface area contributed by atoms with E-state index in [4.69, 9.17) is 9.63 Å². The molecule has 0 radical (unpaired) electrons. The summed E-state index contributed by atoms with van der Waals surface area (Å²) in [5.74, 6) is -0.277. The summed E-state index contributed by atoms with van der Waals surface area (Å²) in [6.07, 6.45) is 1.34. The van der Waals surface area contributed by atoms with Crippen LogP contribution in [-0.4, -0.2) is 16.2 Å². The lowest BCUT2D eigenvalue weighted by molar-refractivity contribution is -0.141. The first-order chi connectivity index (χ1) is 6.52. The third kappa shape index (κ3) is 2.34. The zero-order valence-electron chi connectivity index (χ0n) is 8.70. The Kier molecular flexibility index (Phi) is 3.28. The van der Waals surface area contributed by atoms with Gasteiger partial charge < -0.3 is 9.63 Å². The average Bonchev–Trinajstić information content (AvgIpc) is 2.43. The number of hydrogen-bond donors (Lipinski definition) is 1. The largest absolute Gasteiger partial charge is 0.481 e. The zero-order chi connectivity index (χ0) is 10.7. The van der Waals surface area contributed by atoms with Crippen LogP contribution in [0.25, 0.3) is 0 Å². The van der Waals surface area contributed by atoms with Gasteiger partial charge >= 0.3 is 5.97 Å². The number of carboxylic acids is 1. The minimum atomic E-state index is -0.753. The number of aromatic nitrogens is 1. The number of rotatable bonds is 4. The normalized spacial score (nSPS) is 12.8. The van der Waals surface area contributed by atoms with Crippen LogP contribution in [0.5, 0.6) is 0 Å². The molecule has 1 aromatic rings. The van der Waals surface area contributed by atoms with Gasteiger partial charge in [0, 0.05) is 5.56 Å². The highest BCUT2D eigenvalue weighted by molar-refractivity contribution is 5.69. The molecule has 14 heavy (non-hydrogen) atoms. The Bertz CT molecular complexity index is 311. The Labute approximate surface area is 82.9 Å². The first-order valence-electron chi connectivity index (χ1n) is 4.67. The molecule has 0 bridgehead atoms. The van der Waals surface area contributed by atoms with Crippen molar-refractivity contribution in [3.63, 3.8) is 0 Å². The second-order valence-electron chi connectivity index (χ2n) is 3.58. The van der Waals surface area contributed by atoms with E-state index in [9.17, 15) is 4.79 Å². The van der Waals surface area contributed by atoms with Crippen molar-refractivity contribution in [3.05, 3.63) is 17.0 Å². The van der Waals surface area contributed by atoms with Gasteiger partial charge in [0.05, 0.1) is 11.6 Å². The van der Waals surface area contributed by atoms with E-state index in [1.165, 1.54) is 0 Å². The summed E-state index contributed by atoms with van der Waals surface area (Å²) >= 11 is 0. The predicted molar refractivity (Wildman–Crippen MR) is 51.1 cm³/mol. The van der Waals surface area contributed by atoms with E-state index in [-0.39, 0.29) is 5.92 Å². The summed E-state index contributed by atoms with van der Waals surface area (Å²) in [6.45, 7) is 5.43. The van der Waals surface area contributed by atoms with Gasteiger partial charge in [-0.1, -0.05) is 12.1 Å². The number of carbonyl (C=O) groups is 1. The summed E-state index contributed by atoms with van der Waals surface area (Å²) < 4.78 is 4.99. The molecule has 0 fully saturated rings. The van der Waals surface area contributed by atoms with Crippen molar-refractivity contribution in [2.45, 2.75) is 33.6 Å². The van der Waals surface area contributed by atoms with Crippen molar-refractivity contribution >= 4 is 5.97 Å². The molecule has 1 N–H and O–H groups in total. The van der Waals surface area contributed by atoms with Crippen LogP contribution in [0.2, 0.25) is 0 Å². The molecule has 0 aliphatic carbocycles. The van der Waals surface area contributed by atoms with E-state index in [0.717, 1.165) is 17.0 Å². The maximum Gasteiger partial charge on any atom is 0.306 e. The molecule has 1 aromatic heterocycles. The maximum atomic E-state index is 10.6. The number of carboxylic acid groups (broad SMARTS) is 1. The minimum Gasteiger partial charge on any atom is -0.481 e. The first kappa shape index (κ1) is 10.8. The van der Waals surface area contributed by atoms with Crippen LogP contribution in [0.15, 0.2) is 4.52 Å². The van der Waals surface area contributed by atoms with Crippen molar-refractivity contribution in [3.8, 4) is 0 Å². The van der Waals surface area contributed by atoms with Gasteiger partial charge in [-0.05, 0) is 26.7 Å². The van der Waals surface area contributed by atoms with Crippen LogP contribution in [0.4, 0.5) is 0 Å². The monoisotopic (exact) mass is 197 g/mol. The Morgan fingerprint density at radius 1 is 1.57 bits per heavy atom. The van der Waals surface area contributed by atoms with Crippen molar-refractivity contribution in [2.24, 2.45) is 5.92 Å². The lowest BCUT2D eigenvalue weighted by atomic mass is 10.0. The molecule has 0 saturated heterocycles. The predicted octanol–water partition coefficient (Wildman–Crippen LogP) is 1.94. The Balaban J connectivity index is 2.57. The maximum absolute atomic E-state index is 10.6. The second-order valence-corrected chi connectivity index (χ2v) is 3.58. The van der Waals surface area contributed by atoms with E-state index in [2.05, 4.69) is 5.16 Å². The molecule has 4 nitrogen and oxygen atoms in total. The van der Waals surface area contributed by atoms with Gasteiger partial charge in [0.1, 0.15) is 5.76 Å². The number of hydrogen-bond acceptors (Lipinski definition) is 3. The molecule has 0 amide bonds. The van der Waals surface area contributed by atoms with Gasteiger partial charge in [0.2, 0.25) is 0 Å². The molecule has 0 spiro atoms. The fraction of sp³-hybridized carbons (Fsp3) is 0.600. The van der Waals surface area contributed by atoms with Gasteiger partial charge in [-0.2, -0.15) is 0 Å². The highest BCUT2D eigenvalue weighted by Gasteiger charge is 2.14. The molecule has 78 valence electrons. The zero-order valence-corrected chi connectivity index (χ0v) is 8.70. The van der Waals surface area contributed by atoms with Crippen LogP contribution in [0.3, 0.4) is 0 Å². The van der Waals surface area contributed by atoms with Crippen LogP contribution in [0.1, 0.15) is 30.4 Å². The summed E-state index contributed by atoms with van der Waals surface area (Å²) in [5.41, 5.74) is 1.90. The van der Waals surface area contributed by atoms with Gasteiger partial charge in [0.25, 0.3) is 0 Å². The number of aliphatic carboxylic acids is 1. The van der Waals surface area contributed by atoms with E-state index in [1.807, 2.05) is 13.8 Å². The van der Waals surface area contributed by atoms with E-state index < -0.39 is 5.97 Å². The smallest absolute Gasteiger partial charge is 0.306 e. The minimum absolute atomic E-state index is 0.316. The number of aryl methyl sites for hydroxylation is 2. The highest BCUT2D eigenvalue weighted by Crippen LogP contribution is 2.16. The third-order valence-electron chi connectivity index (χ3n) is 2.43. The molecule has 0 aliphatic rings. The van der Waals surface area contributed by atoms with Crippen molar-refractivity contribution in [1.29, 1.82) is 0 Å². The van der Waals surface area contributed by atoms with Gasteiger partial charge in [0.15, 0.2) is 0 Å². The van der Waals surface area contributed by atoms with Crippen molar-refractivity contribution in [2.75, 3.05) is 0 Å². The number of nitrogens with zero attached hydrogens (tertiary/aromatic N) is 1. The topological polar surface area (TPSA) is 63.3 Å². The summed E-state index contributed by atoms with van der Waals surface area (Å²) in [7, 11) is 0.